The van der Waals surface area contributed by atoms with Crippen molar-refractivity contribution in [3.05, 3.63) is 52.7 Å². The van der Waals surface area contributed by atoms with Gasteiger partial charge in [-0.1, -0.05) is 50.5 Å². The molecular weight excluding hydrogens is 270 g/mol. The van der Waals surface area contributed by atoms with Crippen molar-refractivity contribution in [2.75, 3.05) is 0 Å². The van der Waals surface area contributed by atoms with E-state index in [9.17, 15) is 4.79 Å². The summed E-state index contributed by atoms with van der Waals surface area (Å²) in [7, 11) is 0. The predicted octanol–water partition coefficient (Wildman–Crippen LogP) is 4.40. The minimum Gasteiger partial charge on any atom is -0.329 e. The molecule has 3 rings (SSSR count). The predicted molar refractivity (Wildman–Crippen MR) is 91.4 cm³/mol. The molecule has 0 aromatic heterocycles. The summed E-state index contributed by atoms with van der Waals surface area (Å²) in [6.45, 7) is 2.16. The van der Waals surface area contributed by atoms with E-state index in [1.54, 1.807) is 0 Å². The van der Waals surface area contributed by atoms with Gasteiger partial charge in [-0.15, -0.1) is 0 Å². The zero-order chi connectivity index (χ0) is 15.4. The van der Waals surface area contributed by atoms with Crippen molar-refractivity contribution in [1.29, 1.82) is 0 Å². The van der Waals surface area contributed by atoms with Gasteiger partial charge in [0.25, 0.3) is 5.91 Å². The first kappa shape index (κ1) is 15.1. The number of hydrogen-bond donors (Lipinski definition) is 1. The third-order valence-corrected chi connectivity index (χ3v) is 4.85. The monoisotopic (exact) mass is 295 g/mol. The van der Waals surface area contributed by atoms with Crippen LogP contribution in [0.5, 0.6) is 0 Å². The Morgan fingerprint density at radius 3 is 2.86 bits per heavy atom. The lowest BCUT2D eigenvalue weighted by atomic mass is 9.89. The van der Waals surface area contributed by atoms with E-state index in [4.69, 9.17) is 0 Å². The summed E-state index contributed by atoms with van der Waals surface area (Å²) in [4.78, 5) is 12.3. The van der Waals surface area contributed by atoms with E-state index >= 15 is 0 Å². The fourth-order valence-corrected chi connectivity index (χ4v) is 3.43. The summed E-state index contributed by atoms with van der Waals surface area (Å²) in [5, 5.41) is 2.95. The molecular formula is C20H25NO. The Kier molecular flexibility index (Phi) is 4.77. The fourth-order valence-electron chi connectivity index (χ4n) is 3.43. The van der Waals surface area contributed by atoms with Gasteiger partial charge in [0.1, 0.15) is 0 Å². The highest BCUT2D eigenvalue weighted by Gasteiger charge is 2.18. The third-order valence-electron chi connectivity index (χ3n) is 4.85. The number of carbonyl (C=O) groups excluding carboxylic acids is 1. The molecule has 0 unspecified atom stereocenters. The number of amides is 1. The van der Waals surface area contributed by atoms with Crippen LogP contribution in [0.4, 0.5) is 0 Å². The van der Waals surface area contributed by atoms with Crippen LogP contribution in [0.2, 0.25) is 0 Å². The van der Waals surface area contributed by atoms with E-state index < -0.39 is 0 Å². The molecule has 2 heteroatoms. The van der Waals surface area contributed by atoms with E-state index in [2.05, 4.69) is 36.5 Å². The highest BCUT2D eigenvalue weighted by atomic mass is 16.1. The zero-order valence-corrected chi connectivity index (χ0v) is 13.4. The van der Waals surface area contributed by atoms with Crippen molar-refractivity contribution in [3.8, 4) is 0 Å². The van der Waals surface area contributed by atoms with E-state index in [1.165, 1.54) is 48.8 Å². The molecule has 1 saturated carbocycles. The van der Waals surface area contributed by atoms with Crippen LogP contribution in [0.25, 0.3) is 6.08 Å². The zero-order valence-electron chi connectivity index (χ0n) is 13.4. The minimum absolute atomic E-state index is 0.0429. The summed E-state index contributed by atoms with van der Waals surface area (Å²) in [5.41, 5.74) is 4.67. The van der Waals surface area contributed by atoms with Gasteiger partial charge in [0, 0.05) is 18.2 Å². The molecule has 0 saturated heterocycles. The Morgan fingerprint density at radius 1 is 1.27 bits per heavy atom. The Hall–Kier alpha value is -1.83. The minimum atomic E-state index is 0.0429. The summed E-state index contributed by atoms with van der Waals surface area (Å²) < 4.78 is 0. The van der Waals surface area contributed by atoms with Crippen LogP contribution >= 0.6 is 0 Å². The first-order valence-corrected chi connectivity index (χ1v) is 8.56. The second-order valence-electron chi connectivity index (χ2n) is 6.46. The summed E-state index contributed by atoms with van der Waals surface area (Å²) in [6.07, 6.45) is 14.4. The Labute approximate surface area is 133 Å². The van der Waals surface area contributed by atoms with Crippen LogP contribution in [0.15, 0.2) is 36.0 Å². The number of hydrogen-bond acceptors (Lipinski definition) is 1. The van der Waals surface area contributed by atoms with Gasteiger partial charge >= 0.3 is 0 Å². The van der Waals surface area contributed by atoms with Crippen molar-refractivity contribution >= 4 is 12.0 Å². The maximum absolute atomic E-state index is 12.3. The van der Waals surface area contributed by atoms with Gasteiger partial charge in [-0.2, -0.15) is 0 Å². The maximum Gasteiger partial charge on any atom is 0.251 e. The van der Waals surface area contributed by atoms with E-state index in [0.29, 0.717) is 5.92 Å². The number of rotatable bonds is 4. The van der Waals surface area contributed by atoms with E-state index in [1.807, 2.05) is 12.3 Å². The van der Waals surface area contributed by atoms with Crippen LogP contribution in [-0.2, 0) is 17.6 Å². The SMILES string of the molecule is CCc1ccc2c(c1)C=C(C(=O)N/C=C/C1CCCCC1)C2. The lowest BCUT2D eigenvalue weighted by Crippen LogP contribution is -2.19. The molecule has 2 aliphatic rings. The van der Waals surface area contributed by atoms with Crippen molar-refractivity contribution in [1.82, 2.24) is 5.32 Å². The molecule has 2 nitrogen and oxygen atoms in total. The van der Waals surface area contributed by atoms with Crippen LogP contribution in [-0.4, -0.2) is 5.91 Å². The molecule has 1 amide bonds. The normalized spacial score (nSPS) is 18.3. The molecule has 0 aliphatic heterocycles. The van der Waals surface area contributed by atoms with Gasteiger partial charge in [0.15, 0.2) is 0 Å². The van der Waals surface area contributed by atoms with E-state index in [0.717, 1.165) is 18.4 Å². The van der Waals surface area contributed by atoms with E-state index in [-0.39, 0.29) is 5.91 Å². The van der Waals surface area contributed by atoms with Gasteiger partial charge in [-0.3, -0.25) is 4.79 Å². The number of fused-ring (bicyclic) bond motifs is 1. The van der Waals surface area contributed by atoms with Crippen LogP contribution in [0.3, 0.4) is 0 Å². The number of nitrogens with one attached hydrogen (secondary N) is 1. The first-order valence-electron chi connectivity index (χ1n) is 8.56. The fraction of sp³-hybridized carbons (Fsp3) is 0.450. The Bertz CT molecular complexity index is 606. The van der Waals surface area contributed by atoms with Gasteiger partial charge < -0.3 is 5.32 Å². The topological polar surface area (TPSA) is 29.1 Å². The Morgan fingerprint density at radius 2 is 2.09 bits per heavy atom. The summed E-state index contributed by atoms with van der Waals surface area (Å²) in [5.74, 6) is 0.692. The molecule has 0 spiro atoms. The van der Waals surface area contributed by atoms with Crippen molar-refractivity contribution in [2.24, 2.45) is 5.92 Å². The van der Waals surface area contributed by atoms with Crippen LogP contribution in [0.1, 0.15) is 55.7 Å². The standard InChI is InChI=1S/C20H25NO/c1-2-15-8-9-17-13-19(14-18(17)12-15)20(22)21-11-10-16-6-4-3-5-7-16/h8-12,14,16H,2-7,13H2,1H3,(H,21,22)/b11-10+. The number of allylic oxidation sites excluding steroid dienone is 1. The first-order chi connectivity index (χ1) is 10.8. The van der Waals surface area contributed by atoms with Gasteiger partial charge in [-0.25, -0.2) is 0 Å². The second-order valence-corrected chi connectivity index (χ2v) is 6.46. The highest BCUT2D eigenvalue weighted by molar-refractivity contribution is 6.00. The molecule has 0 atom stereocenters. The maximum atomic E-state index is 12.3. The molecule has 116 valence electrons. The van der Waals surface area contributed by atoms with Gasteiger partial charge in [0.2, 0.25) is 0 Å². The molecule has 2 aliphatic carbocycles. The molecule has 1 aromatic carbocycles. The van der Waals surface area contributed by atoms with Gasteiger partial charge in [0.05, 0.1) is 0 Å². The number of carbonyl (C=O) groups is 1. The quantitative estimate of drug-likeness (QED) is 0.876. The lowest BCUT2D eigenvalue weighted by molar-refractivity contribution is -0.116. The smallest absolute Gasteiger partial charge is 0.251 e. The Balaban J connectivity index is 1.58. The molecule has 1 fully saturated rings. The van der Waals surface area contributed by atoms with Crippen LogP contribution in [0, 0.1) is 5.92 Å². The lowest BCUT2D eigenvalue weighted by Gasteiger charge is -2.17. The average molecular weight is 295 g/mol. The molecule has 0 bridgehead atoms. The second kappa shape index (κ2) is 6.95. The summed E-state index contributed by atoms with van der Waals surface area (Å²) >= 11 is 0. The number of aryl methyl sites for hydroxylation is 1. The van der Waals surface area contributed by atoms with Crippen molar-refractivity contribution in [2.45, 2.75) is 51.9 Å². The molecule has 22 heavy (non-hydrogen) atoms. The molecule has 1 aromatic rings. The van der Waals surface area contributed by atoms with Crippen molar-refractivity contribution < 1.29 is 4.79 Å². The highest BCUT2D eigenvalue weighted by Crippen LogP contribution is 2.27. The number of benzene rings is 1. The van der Waals surface area contributed by atoms with Crippen molar-refractivity contribution in [3.63, 3.8) is 0 Å². The van der Waals surface area contributed by atoms with Crippen LogP contribution < -0.4 is 5.32 Å². The molecule has 1 N–H and O–H groups in total. The summed E-state index contributed by atoms with van der Waals surface area (Å²) in [6, 6.07) is 6.52. The molecule has 0 heterocycles. The average Bonchev–Trinajstić information content (AvgIpc) is 2.99. The largest absolute Gasteiger partial charge is 0.329 e. The third kappa shape index (κ3) is 3.49. The molecule has 0 radical (unpaired) electrons. The van der Waals surface area contributed by atoms with Gasteiger partial charge in [-0.05, 0) is 47.9 Å².